The van der Waals surface area contributed by atoms with Crippen molar-refractivity contribution >= 4 is 0 Å². The molecule has 0 amide bonds. The number of rotatable bonds is 5. The summed E-state index contributed by atoms with van der Waals surface area (Å²) in [5, 5.41) is 3.42. The van der Waals surface area contributed by atoms with Gasteiger partial charge in [0, 0.05) is 0 Å². The minimum atomic E-state index is -0.161. The molecule has 0 saturated heterocycles. The number of hydrogen-bond acceptors (Lipinski definition) is 1. The molecular weight excluding hydrogens is 316 g/mol. The Morgan fingerprint density at radius 2 is 2.00 bits per heavy atom. The Balaban J connectivity index is 4.06. The molecule has 0 saturated carbocycles. The Hall–Kier alpha value is -0.160. The van der Waals surface area contributed by atoms with Crippen molar-refractivity contribution in [1.82, 2.24) is 5.32 Å². The summed E-state index contributed by atoms with van der Waals surface area (Å²) in [6, 6.07) is 0. The van der Waals surface area contributed by atoms with Crippen LogP contribution in [0, 0.1) is 0 Å². The van der Waals surface area contributed by atoms with Crippen molar-refractivity contribution in [2.45, 2.75) is 40.2 Å². The molecule has 0 unspecified atom stereocenters. The maximum atomic E-state index is 13.2. The summed E-state index contributed by atoms with van der Waals surface area (Å²) in [7, 11) is 0. The number of nitrogens with one attached hydrogen (secondary N) is 1. The molecule has 16 heavy (non-hydrogen) atoms. The molecule has 94 valence electrons. The SMILES string of the molecule is C\C=C/C=C(F)\C=C(/C)[I-]CNC(C)(C)C. The van der Waals surface area contributed by atoms with Crippen LogP contribution in [0.5, 0.6) is 0 Å². The number of halogens is 2. The Bertz CT molecular complexity index is 285. The summed E-state index contributed by atoms with van der Waals surface area (Å²) >= 11 is -0.108. The predicted octanol–water partition coefficient (Wildman–Crippen LogP) is 0.754. The van der Waals surface area contributed by atoms with E-state index in [1.807, 2.05) is 19.9 Å². The van der Waals surface area contributed by atoms with Gasteiger partial charge in [-0.1, -0.05) is 0 Å². The first-order valence-electron chi connectivity index (χ1n) is 5.36. The van der Waals surface area contributed by atoms with E-state index < -0.39 is 0 Å². The van der Waals surface area contributed by atoms with Gasteiger partial charge >= 0.3 is 109 Å². The minimum absolute atomic E-state index is 0.108. The number of alkyl halides is 1. The van der Waals surface area contributed by atoms with Crippen molar-refractivity contribution in [3.05, 3.63) is 33.7 Å². The summed E-state index contributed by atoms with van der Waals surface area (Å²) < 4.78 is 15.4. The van der Waals surface area contributed by atoms with Gasteiger partial charge in [0.2, 0.25) is 0 Å². The fraction of sp³-hybridized carbons (Fsp3) is 0.538. The van der Waals surface area contributed by atoms with Gasteiger partial charge in [-0.15, -0.1) is 0 Å². The molecule has 1 nitrogen and oxygen atoms in total. The zero-order chi connectivity index (χ0) is 12.6. The van der Waals surface area contributed by atoms with Crippen molar-refractivity contribution in [2.24, 2.45) is 0 Å². The van der Waals surface area contributed by atoms with Gasteiger partial charge in [-0.05, 0) is 0 Å². The molecule has 0 aromatic rings. The topological polar surface area (TPSA) is 12.0 Å². The number of allylic oxidation sites excluding steroid dienone is 6. The molecule has 0 aromatic heterocycles. The van der Waals surface area contributed by atoms with Gasteiger partial charge in [-0.25, -0.2) is 0 Å². The fourth-order valence-corrected chi connectivity index (χ4v) is 3.26. The Morgan fingerprint density at radius 3 is 2.50 bits per heavy atom. The molecule has 0 heterocycles. The third-order valence-electron chi connectivity index (χ3n) is 1.66. The number of hydrogen-bond donors (Lipinski definition) is 1. The third kappa shape index (κ3) is 10.4. The monoisotopic (exact) mass is 338 g/mol. The van der Waals surface area contributed by atoms with Gasteiger partial charge in [0.15, 0.2) is 0 Å². The molecule has 0 atom stereocenters. The van der Waals surface area contributed by atoms with E-state index in [9.17, 15) is 4.39 Å². The standard InChI is InChI=1S/C13H22FIN/c1-6-7-8-12(14)9-11(2)15-10-16-13(3,4)5/h6-9,16H,10H2,1-5H3/q-1/b7-6-,11-9+,12-8+. The van der Waals surface area contributed by atoms with Gasteiger partial charge in [-0.3, -0.25) is 0 Å². The van der Waals surface area contributed by atoms with Gasteiger partial charge in [-0.2, -0.15) is 0 Å². The second-order valence-electron chi connectivity index (χ2n) is 4.50. The van der Waals surface area contributed by atoms with E-state index in [0.29, 0.717) is 0 Å². The zero-order valence-electron chi connectivity index (χ0n) is 10.8. The van der Waals surface area contributed by atoms with Crippen LogP contribution in [0.2, 0.25) is 0 Å². The van der Waals surface area contributed by atoms with Gasteiger partial charge in [0.1, 0.15) is 0 Å². The van der Waals surface area contributed by atoms with Crippen molar-refractivity contribution in [3.8, 4) is 0 Å². The Kier molecular flexibility index (Phi) is 7.93. The summed E-state index contributed by atoms with van der Waals surface area (Å²) in [5.41, 5.74) is 0.152. The van der Waals surface area contributed by atoms with E-state index >= 15 is 0 Å². The van der Waals surface area contributed by atoms with Crippen LogP contribution in [-0.2, 0) is 0 Å². The van der Waals surface area contributed by atoms with Crippen LogP contribution in [0.1, 0.15) is 34.6 Å². The van der Waals surface area contributed by atoms with Crippen LogP contribution in [0.25, 0.3) is 0 Å². The zero-order valence-corrected chi connectivity index (χ0v) is 12.9. The van der Waals surface area contributed by atoms with Crippen LogP contribution in [-0.4, -0.2) is 10.1 Å². The van der Waals surface area contributed by atoms with Crippen molar-refractivity contribution in [2.75, 3.05) is 4.55 Å². The molecule has 0 aromatic carbocycles. The first-order chi connectivity index (χ1) is 7.35. The molecular formula is C13H22FIN-. The van der Waals surface area contributed by atoms with E-state index in [0.717, 1.165) is 8.13 Å². The van der Waals surface area contributed by atoms with E-state index in [1.54, 1.807) is 12.2 Å². The summed E-state index contributed by atoms with van der Waals surface area (Å²) in [5.74, 6) is -0.161. The maximum absolute atomic E-state index is 13.2. The summed E-state index contributed by atoms with van der Waals surface area (Å²) in [6.45, 7) is 10.3. The van der Waals surface area contributed by atoms with E-state index in [4.69, 9.17) is 0 Å². The van der Waals surface area contributed by atoms with Crippen LogP contribution in [0.4, 0.5) is 4.39 Å². The molecule has 0 aliphatic heterocycles. The average molecular weight is 338 g/mol. The predicted molar refractivity (Wildman–Crippen MR) is 65.5 cm³/mol. The van der Waals surface area contributed by atoms with E-state index in [-0.39, 0.29) is 32.6 Å². The summed E-state index contributed by atoms with van der Waals surface area (Å²) in [4.78, 5) is 0. The van der Waals surface area contributed by atoms with Crippen LogP contribution < -0.4 is 26.5 Å². The van der Waals surface area contributed by atoms with Crippen LogP contribution in [0.3, 0.4) is 0 Å². The third-order valence-corrected chi connectivity index (χ3v) is 3.94. The van der Waals surface area contributed by atoms with E-state index in [2.05, 4.69) is 26.1 Å². The fourth-order valence-electron chi connectivity index (χ4n) is 0.804. The van der Waals surface area contributed by atoms with Crippen molar-refractivity contribution < 1.29 is 25.6 Å². The molecule has 0 fully saturated rings. The van der Waals surface area contributed by atoms with Crippen molar-refractivity contribution in [3.63, 3.8) is 0 Å². The Morgan fingerprint density at radius 1 is 1.38 bits per heavy atom. The first-order valence-corrected chi connectivity index (χ1v) is 7.96. The molecule has 0 bridgehead atoms. The van der Waals surface area contributed by atoms with Crippen molar-refractivity contribution in [1.29, 1.82) is 0 Å². The molecule has 0 aliphatic carbocycles. The molecule has 0 rings (SSSR count). The van der Waals surface area contributed by atoms with Gasteiger partial charge < -0.3 is 0 Å². The molecule has 3 heteroatoms. The molecule has 1 N–H and O–H groups in total. The van der Waals surface area contributed by atoms with Gasteiger partial charge in [0.25, 0.3) is 0 Å². The second kappa shape index (κ2) is 8.01. The summed E-state index contributed by atoms with van der Waals surface area (Å²) in [6.07, 6.45) is 6.66. The quantitative estimate of drug-likeness (QED) is 0.338. The molecule has 0 spiro atoms. The molecule has 0 aliphatic rings. The first kappa shape index (κ1) is 15.8. The normalized spacial score (nSPS) is 15.1. The Labute approximate surface area is 109 Å². The van der Waals surface area contributed by atoms with Crippen LogP contribution in [0.15, 0.2) is 33.7 Å². The molecule has 0 radical (unpaired) electrons. The average Bonchev–Trinajstić information content (AvgIpc) is 2.12. The van der Waals surface area contributed by atoms with E-state index in [1.165, 1.54) is 6.08 Å². The van der Waals surface area contributed by atoms with Crippen LogP contribution >= 0.6 is 0 Å². The second-order valence-corrected chi connectivity index (χ2v) is 7.73. The van der Waals surface area contributed by atoms with Gasteiger partial charge in [0.05, 0.1) is 0 Å².